The number of hydrogen-bond donors (Lipinski definition) is 1. The van der Waals surface area contributed by atoms with Gasteiger partial charge in [-0.2, -0.15) is 0 Å². The van der Waals surface area contributed by atoms with Crippen molar-refractivity contribution < 1.29 is 0 Å². The first-order valence-corrected chi connectivity index (χ1v) is 9.18. The van der Waals surface area contributed by atoms with Crippen molar-refractivity contribution in [2.45, 2.75) is 31.7 Å². The maximum absolute atomic E-state index is 4.90. The number of aliphatic imine (C=N–C) groups is 1. The van der Waals surface area contributed by atoms with E-state index >= 15 is 0 Å². The number of nitrogens with zero attached hydrogens (tertiary/aromatic N) is 1. The zero-order chi connectivity index (χ0) is 15.9. The lowest BCUT2D eigenvalue weighted by atomic mass is 9.84. The summed E-state index contributed by atoms with van der Waals surface area (Å²) < 4.78 is 1.10. The highest BCUT2D eigenvalue weighted by atomic mass is 79.9. The van der Waals surface area contributed by atoms with Gasteiger partial charge in [-0.3, -0.25) is 4.99 Å². The average Bonchev–Trinajstić information content (AvgIpc) is 2.60. The second-order valence-corrected chi connectivity index (χ2v) is 7.11. The van der Waals surface area contributed by atoms with Gasteiger partial charge in [-0.25, -0.2) is 0 Å². The topological polar surface area (TPSA) is 24.4 Å². The fraction of sp³-hybridized carbons (Fsp3) is 0.350. The molecule has 23 heavy (non-hydrogen) atoms. The van der Waals surface area contributed by atoms with Gasteiger partial charge in [0.2, 0.25) is 0 Å². The first kappa shape index (κ1) is 16.3. The summed E-state index contributed by atoms with van der Waals surface area (Å²) in [5.74, 6) is 0.618. The summed E-state index contributed by atoms with van der Waals surface area (Å²) in [7, 11) is 0. The molecule has 0 heterocycles. The summed E-state index contributed by atoms with van der Waals surface area (Å²) in [6.45, 7) is 1.00. The van der Waals surface area contributed by atoms with E-state index < -0.39 is 0 Å². The monoisotopic (exact) mass is 370 g/mol. The lowest BCUT2D eigenvalue weighted by Gasteiger charge is -2.29. The van der Waals surface area contributed by atoms with Gasteiger partial charge in [-0.05, 0) is 48.6 Å². The molecule has 0 amide bonds. The van der Waals surface area contributed by atoms with E-state index in [1.54, 1.807) is 0 Å². The number of rotatable bonds is 5. The Hall–Kier alpha value is -1.61. The number of halogens is 1. The highest BCUT2D eigenvalue weighted by molar-refractivity contribution is 9.10. The summed E-state index contributed by atoms with van der Waals surface area (Å²) in [6.07, 6.45) is 7.12. The van der Waals surface area contributed by atoms with Crippen LogP contribution in [0.15, 0.2) is 64.1 Å². The van der Waals surface area contributed by atoms with Gasteiger partial charge in [-0.15, -0.1) is 0 Å². The van der Waals surface area contributed by atoms with Crippen LogP contribution in [0.2, 0.25) is 0 Å². The lowest BCUT2D eigenvalue weighted by Crippen LogP contribution is -2.29. The quantitative estimate of drug-likeness (QED) is 0.686. The summed E-state index contributed by atoms with van der Waals surface area (Å²) in [4.78, 5) is 4.90. The van der Waals surface area contributed by atoms with E-state index in [-0.39, 0.29) is 0 Å². The zero-order valence-corrected chi connectivity index (χ0v) is 14.9. The van der Waals surface area contributed by atoms with Crippen molar-refractivity contribution >= 4 is 27.8 Å². The second-order valence-electron chi connectivity index (χ2n) is 6.19. The summed E-state index contributed by atoms with van der Waals surface area (Å²) in [5.41, 5.74) is 2.37. The van der Waals surface area contributed by atoms with Crippen LogP contribution in [0.25, 0.3) is 0 Å². The SMILES string of the molecule is Brc1cccc(C=N[C@@H]2CCCC[C@@H]2CNc2ccccc2)c1. The molecule has 0 aliphatic heterocycles. The minimum absolute atomic E-state index is 0.430. The Bertz CT molecular complexity index is 639. The largest absolute Gasteiger partial charge is 0.385 e. The Morgan fingerprint density at radius 2 is 1.87 bits per heavy atom. The molecule has 1 fully saturated rings. The molecule has 3 rings (SSSR count). The third-order valence-corrected chi connectivity index (χ3v) is 4.97. The van der Waals surface area contributed by atoms with Crippen molar-refractivity contribution in [2.75, 3.05) is 11.9 Å². The maximum Gasteiger partial charge on any atom is 0.0544 e. The number of anilines is 1. The van der Waals surface area contributed by atoms with Crippen molar-refractivity contribution in [3.05, 3.63) is 64.6 Å². The minimum atomic E-state index is 0.430. The molecule has 0 saturated heterocycles. The Morgan fingerprint density at radius 1 is 1.04 bits per heavy atom. The molecule has 0 aromatic heterocycles. The second kappa shape index (κ2) is 8.30. The molecule has 1 N–H and O–H groups in total. The molecular weight excluding hydrogens is 348 g/mol. The van der Waals surface area contributed by atoms with Crippen LogP contribution in [0.4, 0.5) is 5.69 Å². The number of benzene rings is 2. The molecule has 0 bridgehead atoms. The molecule has 2 aromatic rings. The smallest absolute Gasteiger partial charge is 0.0544 e. The van der Waals surface area contributed by atoms with Crippen LogP contribution in [0.3, 0.4) is 0 Å². The lowest BCUT2D eigenvalue weighted by molar-refractivity contribution is 0.324. The van der Waals surface area contributed by atoms with Crippen LogP contribution in [0, 0.1) is 5.92 Å². The molecule has 1 saturated carbocycles. The molecular formula is C20H23BrN2. The van der Waals surface area contributed by atoms with E-state index in [2.05, 4.69) is 69.8 Å². The van der Waals surface area contributed by atoms with Gasteiger partial charge in [0.25, 0.3) is 0 Å². The van der Waals surface area contributed by atoms with E-state index in [1.807, 2.05) is 12.3 Å². The van der Waals surface area contributed by atoms with Crippen LogP contribution in [-0.2, 0) is 0 Å². The van der Waals surface area contributed by atoms with Gasteiger partial charge in [0.15, 0.2) is 0 Å². The summed E-state index contributed by atoms with van der Waals surface area (Å²) >= 11 is 3.52. The molecule has 1 aliphatic rings. The first-order chi connectivity index (χ1) is 11.3. The fourth-order valence-corrected chi connectivity index (χ4v) is 3.61. The average molecular weight is 371 g/mol. The van der Waals surface area contributed by atoms with E-state index in [1.165, 1.54) is 36.9 Å². The normalized spacial score (nSPS) is 21.4. The van der Waals surface area contributed by atoms with Gasteiger partial charge >= 0.3 is 0 Å². The molecule has 3 heteroatoms. The first-order valence-electron chi connectivity index (χ1n) is 8.39. The Kier molecular flexibility index (Phi) is 5.87. The Morgan fingerprint density at radius 3 is 2.70 bits per heavy atom. The molecule has 1 aliphatic carbocycles. The van der Waals surface area contributed by atoms with Crippen LogP contribution in [-0.4, -0.2) is 18.8 Å². The van der Waals surface area contributed by atoms with Crippen molar-refractivity contribution in [1.29, 1.82) is 0 Å². The molecule has 2 aromatic carbocycles. The van der Waals surface area contributed by atoms with Crippen LogP contribution >= 0.6 is 15.9 Å². The molecule has 120 valence electrons. The van der Waals surface area contributed by atoms with E-state index in [4.69, 9.17) is 4.99 Å². The van der Waals surface area contributed by atoms with Crippen LogP contribution in [0.1, 0.15) is 31.2 Å². The predicted octanol–water partition coefficient (Wildman–Crippen LogP) is 5.54. The zero-order valence-electron chi connectivity index (χ0n) is 13.3. The minimum Gasteiger partial charge on any atom is -0.385 e. The number of hydrogen-bond acceptors (Lipinski definition) is 2. The van der Waals surface area contributed by atoms with E-state index in [9.17, 15) is 0 Å². The van der Waals surface area contributed by atoms with Crippen molar-refractivity contribution in [3.63, 3.8) is 0 Å². The van der Waals surface area contributed by atoms with Gasteiger partial charge in [-0.1, -0.05) is 59.1 Å². The van der Waals surface area contributed by atoms with Crippen molar-refractivity contribution in [3.8, 4) is 0 Å². The molecule has 2 nitrogen and oxygen atoms in total. The molecule has 2 atom stereocenters. The van der Waals surface area contributed by atoms with Crippen LogP contribution < -0.4 is 5.32 Å². The standard InChI is InChI=1S/C20H23BrN2/c21-18-9-6-7-16(13-18)14-23-20-12-5-4-8-17(20)15-22-19-10-2-1-3-11-19/h1-3,6-7,9-11,13-14,17,20,22H,4-5,8,12,15H2/t17-,20-/m1/s1. The third kappa shape index (κ3) is 4.93. The van der Waals surface area contributed by atoms with Gasteiger partial charge in [0.1, 0.15) is 0 Å². The molecule has 0 radical (unpaired) electrons. The fourth-order valence-electron chi connectivity index (χ4n) is 3.20. The Balaban J connectivity index is 1.62. The highest BCUT2D eigenvalue weighted by Gasteiger charge is 2.23. The van der Waals surface area contributed by atoms with Gasteiger partial charge < -0.3 is 5.32 Å². The summed E-state index contributed by atoms with van der Waals surface area (Å²) in [6, 6.07) is 19.2. The maximum atomic E-state index is 4.90. The van der Waals surface area contributed by atoms with Crippen molar-refractivity contribution in [1.82, 2.24) is 0 Å². The van der Waals surface area contributed by atoms with E-state index in [0.29, 0.717) is 12.0 Å². The third-order valence-electron chi connectivity index (χ3n) is 4.47. The van der Waals surface area contributed by atoms with Crippen LogP contribution in [0.5, 0.6) is 0 Å². The number of para-hydroxylation sites is 1. The summed E-state index contributed by atoms with van der Waals surface area (Å²) in [5, 5.41) is 3.57. The molecule has 0 spiro atoms. The number of nitrogens with one attached hydrogen (secondary N) is 1. The van der Waals surface area contributed by atoms with Gasteiger partial charge in [0, 0.05) is 22.9 Å². The highest BCUT2D eigenvalue weighted by Crippen LogP contribution is 2.27. The predicted molar refractivity (Wildman–Crippen MR) is 102 cm³/mol. The molecule has 0 unspecified atom stereocenters. The van der Waals surface area contributed by atoms with Gasteiger partial charge in [0.05, 0.1) is 6.04 Å². The van der Waals surface area contributed by atoms with Crippen molar-refractivity contribution in [2.24, 2.45) is 10.9 Å². The Labute approximate surface area is 147 Å². The van der Waals surface area contributed by atoms with E-state index in [0.717, 1.165) is 11.0 Å².